The summed E-state index contributed by atoms with van der Waals surface area (Å²) < 4.78 is 8.88. The average Bonchev–Trinajstić information content (AvgIpc) is 0.722. The van der Waals surface area contributed by atoms with Gasteiger partial charge in [-0.05, 0) is 0 Å². The number of rotatable bonds is 0. The fourth-order valence-electron chi connectivity index (χ4n) is 0. The van der Waals surface area contributed by atoms with Crippen LogP contribution in [-0.2, 0) is 4.57 Å². The maximum absolute atomic E-state index is 8.88. The van der Waals surface area contributed by atoms with Crippen LogP contribution >= 0.6 is 7.82 Å². The molecular formula is H18MgNO9P. The molecule has 0 heterocycles. The van der Waals surface area contributed by atoms with Crippen molar-refractivity contribution in [2.75, 3.05) is 0 Å². The Balaban J connectivity index is -0.00000000222. The molecule has 0 aliphatic heterocycles. The molecule has 0 spiro atoms. The fourth-order valence-corrected chi connectivity index (χ4v) is 0. The van der Waals surface area contributed by atoms with Crippen molar-refractivity contribution in [3.05, 3.63) is 0 Å². The second-order valence-electron chi connectivity index (χ2n) is 0.513. The van der Waals surface area contributed by atoms with Crippen molar-refractivity contribution < 1.29 is 49.5 Å². The quantitative estimate of drug-likeness (QED) is 0.234. The molecule has 0 aromatic heterocycles. The number of phosphoric acid groups is 1. The van der Waals surface area contributed by atoms with E-state index in [2.05, 4.69) is 0 Å². The van der Waals surface area contributed by atoms with E-state index in [1.807, 2.05) is 0 Å². The zero-order chi connectivity index (χ0) is 4.50. The van der Waals surface area contributed by atoms with Crippen LogP contribution in [0.15, 0.2) is 0 Å². The van der Waals surface area contributed by atoms with Gasteiger partial charge < -0.3 is 51.1 Å². The summed E-state index contributed by atoms with van der Waals surface area (Å²) in [6.07, 6.45) is 0. The van der Waals surface area contributed by atoms with Crippen LogP contribution < -0.4 is 6.15 Å². The summed E-state index contributed by atoms with van der Waals surface area (Å²) in [4.78, 5) is 21.6. The summed E-state index contributed by atoms with van der Waals surface area (Å²) in [5.74, 6) is 0. The van der Waals surface area contributed by atoms with Gasteiger partial charge in [0.15, 0.2) is 0 Å². The first-order valence-corrected chi connectivity index (χ1v) is 2.35. The minimum atomic E-state index is -4.64. The minimum Gasteiger partial charge on any atom is -1.00 e. The van der Waals surface area contributed by atoms with E-state index < -0.39 is 7.82 Å². The molecule has 0 unspecified atom stereocenters. The third kappa shape index (κ3) is 2440. The van der Waals surface area contributed by atoms with Gasteiger partial charge in [-0.2, -0.15) is 0 Å². The molecule has 0 aliphatic rings. The molecule has 0 radical (unpaired) electrons. The molecule has 0 aromatic rings. The number of hydrogen-bond acceptors (Lipinski definition) is 2. The van der Waals surface area contributed by atoms with Crippen molar-refractivity contribution in [3.8, 4) is 0 Å². The Labute approximate surface area is 87.1 Å². The Bertz CT molecular complexity index is 68.9. The molecule has 0 atom stereocenters. The van der Waals surface area contributed by atoms with E-state index in [0.717, 1.165) is 0 Å². The Morgan fingerprint density at radius 2 is 0.833 bits per heavy atom. The van der Waals surface area contributed by atoms with Crippen molar-refractivity contribution in [1.82, 2.24) is 6.15 Å². The van der Waals surface area contributed by atoms with Gasteiger partial charge in [0.2, 0.25) is 0 Å². The zero-order valence-electron chi connectivity index (χ0n) is 8.11. The standard InChI is InChI=1S/Mg.H3N.H3O4P.5H2O.2H/c;;1-5(2,3)4;;;;;;;/h;1H3;(H3,1,2,3,4);5*1H2;;/q+2;;;;;;;;2*-1. The van der Waals surface area contributed by atoms with Crippen molar-refractivity contribution in [1.29, 1.82) is 0 Å². The van der Waals surface area contributed by atoms with Crippen LogP contribution in [0.5, 0.6) is 0 Å². The predicted molar refractivity (Wildman–Crippen MR) is 45.3 cm³/mol. The van der Waals surface area contributed by atoms with Crippen LogP contribution in [0.25, 0.3) is 0 Å². The van der Waals surface area contributed by atoms with E-state index in [0.29, 0.717) is 0 Å². The van der Waals surface area contributed by atoms with E-state index in [1.54, 1.807) is 0 Å². The Hall–Kier alpha value is 0.636. The van der Waals surface area contributed by atoms with Gasteiger partial charge in [0.05, 0.1) is 0 Å². The molecule has 0 amide bonds. The molecule has 0 saturated carbocycles. The Morgan fingerprint density at radius 3 is 0.833 bits per heavy atom. The molecule has 12 heavy (non-hydrogen) atoms. The predicted octanol–water partition coefficient (Wildman–Crippen LogP) is -5.05. The van der Waals surface area contributed by atoms with E-state index >= 15 is 0 Å². The maximum atomic E-state index is 8.88. The van der Waals surface area contributed by atoms with E-state index in [9.17, 15) is 0 Å². The van der Waals surface area contributed by atoms with Gasteiger partial charge in [0.1, 0.15) is 0 Å². The average molecular weight is 231 g/mol. The summed E-state index contributed by atoms with van der Waals surface area (Å²) in [5.41, 5.74) is 0. The summed E-state index contributed by atoms with van der Waals surface area (Å²) in [7, 11) is -4.64. The van der Waals surface area contributed by atoms with Crippen molar-refractivity contribution in [2.45, 2.75) is 0 Å². The molecule has 0 fully saturated rings. The van der Waals surface area contributed by atoms with E-state index in [-0.39, 0.29) is 59.4 Å². The molecule has 0 aliphatic carbocycles. The van der Waals surface area contributed by atoms with Crippen molar-refractivity contribution >= 4 is 30.9 Å². The first kappa shape index (κ1) is 79.6. The van der Waals surface area contributed by atoms with Crippen LogP contribution in [0.2, 0.25) is 0 Å². The third-order valence-corrected chi connectivity index (χ3v) is 0. The summed E-state index contributed by atoms with van der Waals surface area (Å²) in [5, 5.41) is 0. The molecule has 0 aromatic carbocycles. The number of hydrogen-bond donors (Lipinski definition) is 4. The van der Waals surface area contributed by atoms with E-state index in [1.165, 1.54) is 0 Å². The molecule has 0 rings (SSSR count). The van der Waals surface area contributed by atoms with Gasteiger partial charge in [0.25, 0.3) is 0 Å². The maximum Gasteiger partial charge on any atom is 2.00 e. The van der Waals surface area contributed by atoms with Crippen LogP contribution in [0.3, 0.4) is 0 Å². The Morgan fingerprint density at radius 1 is 0.833 bits per heavy atom. The largest absolute Gasteiger partial charge is 2.00 e. The molecule has 84 valence electrons. The van der Waals surface area contributed by atoms with Crippen molar-refractivity contribution in [2.24, 2.45) is 0 Å². The molecular weight excluding hydrogens is 213 g/mol. The molecule has 12 heteroatoms. The topological polar surface area (TPSA) is 270 Å². The van der Waals surface area contributed by atoms with E-state index in [4.69, 9.17) is 19.2 Å². The second kappa shape index (κ2) is 29.9. The molecule has 0 bridgehead atoms. The van der Waals surface area contributed by atoms with Crippen molar-refractivity contribution in [3.63, 3.8) is 0 Å². The molecule has 10 nitrogen and oxygen atoms in total. The van der Waals surface area contributed by atoms with Crippen LogP contribution in [0, 0.1) is 0 Å². The first-order chi connectivity index (χ1) is 2.00. The summed E-state index contributed by atoms with van der Waals surface area (Å²) >= 11 is 0. The van der Waals surface area contributed by atoms with Crippen LogP contribution in [-0.4, -0.2) is 65.1 Å². The Kier molecular flexibility index (Phi) is 198. The monoisotopic (exact) mass is 231 g/mol. The van der Waals surface area contributed by atoms with Crippen LogP contribution in [0.1, 0.15) is 2.85 Å². The smallest absolute Gasteiger partial charge is 1.00 e. The molecule has 16 N–H and O–H groups in total. The van der Waals surface area contributed by atoms with Gasteiger partial charge in [-0.15, -0.1) is 0 Å². The normalized spacial score (nSPS) is 4.92. The third-order valence-electron chi connectivity index (χ3n) is 0. The van der Waals surface area contributed by atoms with Gasteiger partial charge in [-0.1, -0.05) is 0 Å². The minimum absolute atomic E-state index is 0. The summed E-state index contributed by atoms with van der Waals surface area (Å²) in [6, 6.07) is 0. The SMILES string of the molecule is N.O.O.O.O.O.O=P(O)(O)O.[H-].[H-].[Mg+2]. The fraction of sp³-hybridized carbons (Fsp3) is 0. The van der Waals surface area contributed by atoms with Gasteiger partial charge >= 0.3 is 30.9 Å². The summed E-state index contributed by atoms with van der Waals surface area (Å²) in [6.45, 7) is 0. The first-order valence-electron chi connectivity index (χ1n) is 0.783. The van der Waals surface area contributed by atoms with Crippen LogP contribution in [0.4, 0.5) is 0 Å². The second-order valence-corrected chi connectivity index (χ2v) is 1.54. The van der Waals surface area contributed by atoms with Gasteiger partial charge in [0, 0.05) is 0 Å². The molecule has 0 saturated heterocycles. The van der Waals surface area contributed by atoms with Gasteiger partial charge in [-0.25, -0.2) is 4.57 Å². The zero-order valence-corrected chi connectivity index (χ0v) is 8.42. The van der Waals surface area contributed by atoms with Gasteiger partial charge in [-0.3, -0.25) is 0 Å².